The molecular formula is C14H30O5S-2. The molecule has 1 unspecified atom stereocenters. The first-order valence-corrected chi connectivity index (χ1v) is 8.92. The van der Waals surface area contributed by atoms with Crippen LogP contribution in [0.15, 0.2) is 0 Å². The minimum Gasteiger partial charge on any atom is -0.759 e. The summed E-state index contributed by atoms with van der Waals surface area (Å²) in [6.45, 7) is 5.02. The lowest BCUT2D eigenvalue weighted by Gasteiger charge is -2.09. The van der Waals surface area contributed by atoms with Crippen molar-refractivity contribution in [2.45, 2.75) is 78.1 Å². The van der Waals surface area contributed by atoms with Crippen molar-refractivity contribution in [3.63, 3.8) is 0 Å². The Morgan fingerprint density at radius 1 is 0.900 bits per heavy atom. The van der Waals surface area contributed by atoms with E-state index in [2.05, 4.69) is 13.8 Å². The lowest BCUT2D eigenvalue weighted by Crippen LogP contribution is -1.93. The molecule has 0 aliphatic carbocycles. The maximum absolute atomic E-state index is 8.62. The molecule has 0 aromatic heterocycles. The summed E-state index contributed by atoms with van der Waals surface area (Å²) in [6, 6.07) is 0. The van der Waals surface area contributed by atoms with Gasteiger partial charge in [-0.25, -0.2) is 0 Å². The van der Waals surface area contributed by atoms with Gasteiger partial charge in [0.15, 0.2) is 0 Å². The van der Waals surface area contributed by atoms with Crippen LogP contribution < -0.4 is 0 Å². The van der Waals surface area contributed by atoms with Crippen molar-refractivity contribution >= 4 is 10.4 Å². The minimum atomic E-state index is -5.17. The van der Waals surface area contributed by atoms with E-state index >= 15 is 0 Å². The fraction of sp³-hybridized carbons (Fsp3) is 1.00. The van der Waals surface area contributed by atoms with Crippen LogP contribution >= 0.6 is 0 Å². The quantitative estimate of drug-likeness (QED) is 0.359. The van der Waals surface area contributed by atoms with Crippen LogP contribution in [0.1, 0.15) is 78.1 Å². The number of hydrogen-bond donors (Lipinski definition) is 1. The average molecular weight is 310 g/mol. The molecule has 0 aromatic rings. The zero-order chi connectivity index (χ0) is 15.9. The number of unbranched alkanes of at least 4 members (excludes halogenated alkanes) is 6. The third-order valence-corrected chi connectivity index (χ3v) is 3.14. The monoisotopic (exact) mass is 310 g/mol. The highest BCUT2D eigenvalue weighted by Gasteiger charge is 1.99. The number of hydrogen-bond acceptors (Lipinski definition) is 5. The van der Waals surface area contributed by atoms with E-state index in [-0.39, 0.29) is 0 Å². The Labute approximate surface area is 124 Å². The third kappa shape index (κ3) is 30.7. The average Bonchev–Trinajstić information content (AvgIpc) is 2.31. The zero-order valence-electron chi connectivity index (χ0n) is 12.8. The fourth-order valence-corrected chi connectivity index (χ4v) is 2.13. The molecule has 1 N–H and O–H groups in total. The van der Waals surface area contributed by atoms with E-state index in [0.29, 0.717) is 6.61 Å². The zero-order valence-corrected chi connectivity index (χ0v) is 13.7. The molecule has 0 heterocycles. The number of rotatable bonds is 11. The van der Waals surface area contributed by atoms with Gasteiger partial charge >= 0.3 is 0 Å². The van der Waals surface area contributed by atoms with Crippen LogP contribution in [-0.2, 0) is 10.4 Å². The molecule has 0 aliphatic heterocycles. The van der Waals surface area contributed by atoms with Crippen LogP contribution in [0.3, 0.4) is 0 Å². The van der Waals surface area contributed by atoms with Gasteiger partial charge in [-0.2, -0.15) is 0 Å². The smallest absolute Gasteiger partial charge is 0.0431 e. The molecule has 0 amide bonds. The molecule has 124 valence electrons. The van der Waals surface area contributed by atoms with E-state index in [1.165, 1.54) is 57.8 Å². The standard InChI is InChI=1S/C14H30O.H2O4S/c1-3-11-14(2)12-9-7-5-4-6-8-10-13-15;1-5(2,3)4/h14-15H,3-13H2,1-2H3;(H2,1,2,3,4)/p-2. The van der Waals surface area contributed by atoms with Crippen LogP contribution in [0.25, 0.3) is 0 Å². The van der Waals surface area contributed by atoms with Gasteiger partial charge in [0.05, 0.1) is 0 Å². The topological polar surface area (TPSA) is 100 Å². The summed E-state index contributed by atoms with van der Waals surface area (Å²) in [5, 5.41) is 8.62. The summed E-state index contributed by atoms with van der Waals surface area (Å²) in [6.07, 6.45) is 13.3. The molecule has 20 heavy (non-hydrogen) atoms. The van der Waals surface area contributed by atoms with Crippen molar-refractivity contribution in [1.29, 1.82) is 0 Å². The second kappa shape index (κ2) is 15.2. The van der Waals surface area contributed by atoms with Crippen molar-refractivity contribution in [3.8, 4) is 0 Å². The van der Waals surface area contributed by atoms with Crippen molar-refractivity contribution in [3.05, 3.63) is 0 Å². The van der Waals surface area contributed by atoms with E-state index in [1.54, 1.807) is 0 Å². The maximum Gasteiger partial charge on any atom is 0.0431 e. The molecule has 6 heteroatoms. The van der Waals surface area contributed by atoms with E-state index in [1.807, 2.05) is 0 Å². The summed E-state index contributed by atoms with van der Waals surface area (Å²) in [5.41, 5.74) is 0. The molecule has 0 saturated carbocycles. The van der Waals surface area contributed by atoms with Gasteiger partial charge in [0.2, 0.25) is 0 Å². The van der Waals surface area contributed by atoms with Gasteiger partial charge in [-0.3, -0.25) is 8.42 Å². The second-order valence-electron chi connectivity index (χ2n) is 5.29. The molecule has 1 atom stereocenters. The van der Waals surface area contributed by atoms with Gasteiger partial charge in [-0.15, -0.1) is 0 Å². The minimum absolute atomic E-state index is 0.370. The largest absolute Gasteiger partial charge is 0.759 e. The van der Waals surface area contributed by atoms with Crippen LogP contribution in [-0.4, -0.2) is 29.2 Å². The fourth-order valence-electron chi connectivity index (χ4n) is 2.13. The van der Waals surface area contributed by atoms with Gasteiger partial charge in [0.25, 0.3) is 0 Å². The lowest BCUT2D eigenvalue weighted by molar-refractivity contribution is 0.282. The van der Waals surface area contributed by atoms with E-state index in [4.69, 9.17) is 22.6 Å². The Bertz CT molecular complexity index is 269. The molecule has 0 bridgehead atoms. The van der Waals surface area contributed by atoms with E-state index < -0.39 is 10.4 Å². The van der Waals surface area contributed by atoms with Crippen molar-refractivity contribution in [2.75, 3.05) is 6.61 Å². The summed E-state index contributed by atoms with van der Waals surface area (Å²) >= 11 is 0. The highest BCUT2D eigenvalue weighted by Crippen LogP contribution is 2.15. The second-order valence-corrected chi connectivity index (χ2v) is 6.11. The van der Waals surface area contributed by atoms with E-state index in [0.717, 1.165) is 12.3 Å². The van der Waals surface area contributed by atoms with Crippen molar-refractivity contribution in [2.24, 2.45) is 5.92 Å². The van der Waals surface area contributed by atoms with Gasteiger partial charge in [-0.1, -0.05) is 71.6 Å². The Balaban J connectivity index is 0. The summed E-state index contributed by atoms with van der Waals surface area (Å²) in [4.78, 5) is 0. The molecule has 0 saturated heterocycles. The molecule has 0 aromatic carbocycles. The normalized spacial score (nSPS) is 12.7. The highest BCUT2D eigenvalue weighted by atomic mass is 32.3. The van der Waals surface area contributed by atoms with Gasteiger partial charge in [-0.05, 0) is 12.3 Å². The lowest BCUT2D eigenvalue weighted by atomic mass is 9.98. The molecule has 0 aliphatic rings. The summed E-state index contributed by atoms with van der Waals surface area (Å²) in [5.74, 6) is 0.935. The van der Waals surface area contributed by atoms with Crippen molar-refractivity contribution < 1.29 is 22.6 Å². The van der Waals surface area contributed by atoms with Crippen LogP contribution in [0, 0.1) is 5.92 Å². The Morgan fingerprint density at radius 3 is 1.70 bits per heavy atom. The predicted molar refractivity (Wildman–Crippen MR) is 78.6 cm³/mol. The summed E-state index contributed by atoms with van der Waals surface area (Å²) in [7, 11) is -5.17. The van der Waals surface area contributed by atoms with Gasteiger partial charge < -0.3 is 14.2 Å². The van der Waals surface area contributed by atoms with Crippen LogP contribution in [0.2, 0.25) is 0 Å². The van der Waals surface area contributed by atoms with Crippen molar-refractivity contribution in [1.82, 2.24) is 0 Å². The first-order valence-electron chi connectivity index (χ1n) is 7.58. The van der Waals surface area contributed by atoms with Crippen LogP contribution in [0.5, 0.6) is 0 Å². The van der Waals surface area contributed by atoms with Gasteiger partial charge in [0.1, 0.15) is 0 Å². The van der Waals surface area contributed by atoms with Gasteiger partial charge in [0, 0.05) is 17.0 Å². The maximum atomic E-state index is 8.62. The Hall–Kier alpha value is -0.170. The molecule has 0 rings (SSSR count). The first-order chi connectivity index (χ1) is 9.31. The van der Waals surface area contributed by atoms with Crippen LogP contribution in [0.4, 0.5) is 0 Å². The molecule has 0 fully saturated rings. The predicted octanol–water partition coefficient (Wildman–Crippen LogP) is 3.20. The Morgan fingerprint density at radius 2 is 1.30 bits per heavy atom. The highest BCUT2D eigenvalue weighted by molar-refractivity contribution is 7.79. The first kappa shape index (κ1) is 22.1. The Kier molecular flexibility index (Phi) is 16.8. The molecular weight excluding hydrogens is 280 g/mol. The SMILES string of the molecule is CCCC(C)CCCCCCCCCO.O=S(=O)([O-])[O-]. The number of aliphatic hydroxyl groups excluding tert-OH is 1. The molecule has 0 spiro atoms. The number of aliphatic hydroxyl groups is 1. The molecule has 5 nitrogen and oxygen atoms in total. The molecule has 0 radical (unpaired) electrons. The third-order valence-electron chi connectivity index (χ3n) is 3.14. The summed E-state index contributed by atoms with van der Waals surface area (Å²) < 4.78 is 34.1. The van der Waals surface area contributed by atoms with E-state index in [9.17, 15) is 0 Å².